The van der Waals surface area contributed by atoms with Gasteiger partial charge in [0.15, 0.2) is 5.75 Å². The molecule has 1 amide bonds. The van der Waals surface area contributed by atoms with Crippen molar-refractivity contribution in [2.45, 2.75) is 35.8 Å². The van der Waals surface area contributed by atoms with E-state index in [1.165, 1.54) is 42.3 Å². The molecule has 10 nitrogen and oxygen atoms in total. The molecule has 220 valence electrons. The Kier molecular flexibility index (Phi) is 9.02. The van der Waals surface area contributed by atoms with Crippen LogP contribution in [0.3, 0.4) is 0 Å². The molecular formula is C28H32FN3O7S2. The molecule has 0 radical (unpaired) electrons. The summed E-state index contributed by atoms with van der Waals surface area (Å²) in [6, 6.07) is 15.9. The molecule has 0 aliphatic carbocycles. The van der Waals surface area contributed by atoms with E-state index < -0.39 is 49.8 Å². The number of hydrogen-bond donors (Lipinski definition) is 2. The number of amides is 1. The van der Waals surface area contributed by atoms with Crippen LogP contribution in [0.15, 0.2) is 82.6 Å². The summed E-state index contributed by atoms with van der Waals surface area (Å²) in [5.41, 5.74) is -0.0143. The van der Waals surface area contributed by atoms with Crippen molar-refractivity contribution in [1.82, 2.24) is 9.21 Å². The Morgan fingerprint density at radius 1 is 1.02 bits per heavy atom. The lowest BCUT2D eigenvalue weighted by Gasteiger charge is -2.38. The fourth-order valence-electron chi connectivity index (χ4n) is 4.48. The first-order valence-electron chi connectivity index (χ1n) is 12.9. The minimum atomic E-state index is -4.22. The number of aliphatic hydroxyl groups excluding tert-OH is 1. The highest BCUT2D eigenvalue weighted by Gasteiger charge is 2.36. The lowest BCUT2D eigenvalue weighted by atomic mass is 9.99. The first-order valence-corrected chi connectivity index (χ1v) is 15.8. The van der Waals surface area contributed by atoms with Gasteiger partial charge in [0.25, 0.3) is 15.9 Å². The van der Waals surface area contributed by atoms with Crippen LogP contribution in [0, 0.1) is 11.7 Å². The zero-order valence-electron chi connectivity index (χ0n) is 22.8. The van der Waals surface area contributed by atoms with Crippen molar-refractivity contribution in [2.75, 3.05) is 31.5 Å². The van der Waals surface area contributed by atoms with E-state index in [1.54, 1.807) is 32.0 Å². The Morgan fingerprint density at radius 3 is 2.32 bits per heavy atom. The molecule has 0 saturated carbocycles. The number of ether oxygens (including phenoxy) is 1. The van der Waals surface area contributed by atoms with Gasteiger partial charge in [-0.1, -0.05) is 31.2 Å². The molecule has 0 aromatic heterocycles. The Labute approximate surface area is 239 Å². The van der Waals surface area contributed by atoms with E-state index in [2.05, 4.69) is 4.72 Å². The lowest BCUT2D eigenvalue weighted by molar-refractivity contribution is 0.0389. The smallest absolute Gasteiger partial charge is 0.262 e. The van der Waals surface area contributed by atoms with Crippen LogP contribution in [0.2, 0.25) is 0 Å². The van der Waals surface area contributed by atoms with Crippen LogP contribution in [0.5, 0.6) is 5.75 Å². The molecule has 1 aliphatic heterocycles. The Balaban J connectivity index is 1.76. The summed E-state index contributed by atoms with van der Waals surface area (Å²) in [6.07, 6.45) is -0.824. The van der Waals surface area contributed by atoms with Gasteiger partial charge in [-0.05, 0) is 55.5 Å². The van der Waals surface area contributed by atoms with Gasteiger partial charge in [0.2, 0.25) is 10.0 Å². The number of halogens is 1. The predicted molar refractivity (Wildman–Crippen MR) is 151 cm³/mol. The first-order chi connectivity index (χ1) is 19.3. The highest BCUT2D eigenvalue weighted by atomic mass is 32.2. The number of rotatable bonds is 9. The van der Waals surface area contributed by atoms with Crippen LogP contribution in [-0.4, -0.2) is 75.9 Å². The average molecular weight is 606 g/mol. The molecule has 3 aromatic carbocycles. The number of nitrogens with zero attached hydrogens (tertiary/aromatic N) is 2. The van der Waals surface area contributed by atoms with E-state index >= 15 is 0 Å². The van der Waals surface area contributed by atoms with Crippen molar-refractivity contribution in [3.05, 3.63) is 84.2 Å². The van der Waals surface area contributed by atoms with Crippen molar-refractivity contribution >= 4 is 31.6 Å². The minimum Gasteiger partial charge on any atom is -0.486 e. The topological polar surface area (TPSA) is 133 Å². The minimum absolute atomic E-state index is 0.0371. The van der Waals surface area contributed by atoms with Gasteiger partial charge in [-0.15, -0.1) is 0 Å². The van der Waals surface area contributed by atoms with Gasteiger partial charge in [0.1, 0.15) is 11.9 Å². The van der Waals surface area contributed by atoms with Crippen LogP contribution in [-0.2, 0) is 20.0 Å². The third-order valence-electron chi connectivity index (χ3n) is 6.95. The largest absolute Gasteiger partial charge is 0.486 e. The number of benzene rings is 3. The SMILES string of the molecule is C[C@@H]1CN([C@H](C)CO)C(=O)c2cccc(NS(=O)(=O)c3ccc(F)cc3)c2O[C@H]1CN(C)S(=O)(=O)c1ccccc1. The van der Waals surface area contributed by atoms with Crippen molar-refractivity contribution < 1.29 is 35.9 Å². The number of hydrogen-bond acceptors (Lipinski definition) is 7. The Morgan fingerprint density at radius 2 is 1.68 bits per heavy atom. The van der Waals surface area contributed by atoms with Crippen LogP contribution in [0.4, 0.5) is 10.1 Å². The third kappa shape index (κ3) is 6.53. The van der Waals surface area contributed by atoms with E-state index in [0.29, 0.717) is 0 Å². The van der Waals surface area contributed by atoms with Crippen LogP contribution in [0.25, 0.3) is 0 Å². The standard InChI is InChI=1S/C28H32FN3O7S2/c1-19-16-32(20(2)18-33)28(34)24-10-7-11-25(30-40(35,36)22-14-12-21(29)13-15-22)27(24)39-26(19)17-31(3)41(37,38)23-8-5-4-6-9-23/h4-15,19-20,26,30,33H,16-18H2,1-3H3/t19-,20-,26+/m1/s1. The van der Waals surface area contributed by atoms with E-state index in [4.69, 9.17) is 4.74 Å². The average Bonchev–Trinajstić information content (AvgIpc) is 2.95. The molecule has 1 aliphatic rings. The van der Waals surface area contributed by atoms with Crippen molar-refractivity contribution in [2.24, 2.45) is 5.92 Å². The maximum Gasteiger partial charge on any atom is 0.262 e. The molecule has 0 unspecified atom stereocenters. The molecule has 0 bridgehead atoms. The molecule has 41 heavy (non-hydrogen) atoms. The number of para-hydroxylation sites is 1. The molecule has 4 rings (SSSR count). The molecule has 13 heteroatoms. The monoisotopic (exact) mass is 605 g/mol. The number of fused-ring (bicyclic) bond motifs is 1. The summed E-state index contributed by atoms with van der Waals surface area (Å²) in [4.78, 5) is 15.0. The second-order valence-electron chi connectivity index (χ2n) is 9.96. The molecular weight excluding hydrogens is 573 g/mol. The lowest BCUT2D eigenvalue weighted by Crippen LogP contribution is -2.50. The highest BCUT2D eigenvalue weighted by molar-refractivity contribution is 7.92. The summed E-state index contributed by atoms with van der Waals surface area (Å²) in [5, 5.41) is 9.87. The third-order valence-corrected chi connectivity index (χ3v) is 10.2. The van der Waals surface area contributed by atoms with Gasteiger partial charge >= 0.3 is 0 Å². The summed E-state index contributed by atoms with van der Waals surface area (Å²) in [6.45, 7) is 3.17. The van der Waals surface area contributed by atoms with E-state index in [9.17, 15) is 31.1 Å². The maximum atomic E-state index is 13.6. The van der Waals surface area contributed by atoms with Gasteiger partial charge in [-0.25, -0.2) is 21.2 Å². The first kappa shape index (κ1) is 30.4. The molecule has 0 saturated heterocycles. The second kappa shape index (κ2) is 12.1. The molecule has 0 spiro atoms. The van der Waals surface area contributed by atoms with Crippen LogP contribution in [0.1, 0.15) is 24.2 Å². The van der Waals surface area contributed by atoms with Crippen molar-refractivity contribution in [3.8, 4) is 5.75 Å². The summed E-state index contributed by atoms with van der Waals surface area (Å²) >= 11 is 0. The number of sulfonamides is 2. The van der Waals surface area contributed by atoms with Crippen LogP contribution < -0.4 is 9.46 Å². The molecule has 1 heterocycles. The molecule has 3 aromatic rings. The number of carbonyl (C=O) groups excluding carboxylic acids is 1. The Bertz CT molecular complexity index is 1600. The van der Waals surface area contributed by atoms with E-state index in [0.717, 1.165) is 28.6 Å². The highest BCUT2D eigenvalue weighted by Crippen LogP contribution is 2.36. The van der Waals surface area contributed by atoms with Crippen molar-refractivity contribution in [1.29, 1.82) is 0 Å². The number of nitrogens with one attached hydrogen (secondary N) is 1. The quantitative estimate of drug-likeness (QED) is 0.383. The number of aliphatic hydroxyl groups is 1. The Hall–Kier alpha value is -3.52. The summed E-state index contributed by atoms with van der Waals surface area (Å²) in [7, 11) is -6.69. The van der Waals surface area contributed by atoms with Crippen molar-refractivity contribution in [3.63, 3.8) is 0 Å². The normalized spacial score (nSPS) is 18.7. The van der Waals surface area contributed by atoms with Gasteiger partial charge in [0.05, 0.1) is 40.2 Å². The number of likely N-dealkylation sites (N-methyl/N-ethyl adjacent to an activating group) is 1. The zero-order chi connectivity index (χ0) is 29.9. The van der Waals surface area contributed by atoms with E-state index in [-0.39, 0.29) is 46.5 Å². The fraction of sp³-hybridized carbons (Fsp3) is 0.321. The summed E-state index contributed by atoms with van der Waals surface area (Å²) < 4.78 is 76.2. The van der Waals surface area contributed by atoms with Crippen LogP contribution >= 0.6 is 0 Å². The summed E-state index contributed by atoms with van der Waals surface area (Å²) in [5.74, 6) is -1.61. The van der Waals surface area contributed by atoms with E-state index in [1.807, 2.05) is 0 Å². The number of carbonyl (C=O) groups is 1. The maximum absolute atomic E-state index is 13.6. The van der Waals surface area contributed by atoms with Gasteiger partial charge in [0, 0.05) is 19.5 Å². The van der Waals surface area contributed by atoms with Gasteiger partial charge < -0.3 is 14.7 Å². The zero-order valence-corrected chi connectivity index (χ0v) is 24.4. The predicted octanol–water partition coefficient (Wildman–Crippen LogP) is 3.17. The molecule has 3 atom stereocenters. The molecule has 2 N–H and O–H groups in total. The van der Waals surface area contributed by atoms with Gasteiger partial charge in [-0.3, -0.25) is 9.52 Å². The molecule has 0 fully saturated rings. The number of anilines is 1. The second-order valence-corrected chi connectivity index (χ2v) is 13.7. The fourth-order valence-corrected chi connectivity index (χ4v) is 6.75. The van der Waals surface area contributed by atoms with Gasteiger partial charge in [-0.2, -0.15) is 4.31 Å².